The fourth-order valence-electron chi connectivity index (χ4n) is 17.1. The van der Waals surface area contributed by atoms with E-state index < -0.39 is 167 Å². The Morgan fingerprint density at radius 3 is 1.16 bits per heavy atom. The summed E-state index contributed by atoms with van der Waals surface area (Å²) in [5.74, 6) is 0.0330. The number of nitrogens with one attached hydrogen (secondary N) is 5. The monoisotopic (exact) mass is 2100 g/mol. The number of aromatic amines is 3. The molecule has 0 radical (unpaired) electrons. The van der Waals surface area contributed by atoms with E-state index in [-0.39, 0.29) is 110 Å². The van der Waals surface area contributed by atoms with Gasteiger partial charge in [-0.25, -0.2) is 38.9 Å². The van der Waals surface area contributed by atoms with Crippen LogP contribution in [0.5, 0.6) is 0 Å². The van der Waals surface area contributed by atoms with Crippen LogP contribution < -0.4 is 32.2 Å². The Morgan fingerprint density at radius 2 is 0.832 bits per heavy atom. The van der Waals surface area contributed by atoms with Gasteiger partial charge in [-0.05, 0) is 167 Å². The average molecular weight is 2110 g/mol. The summed E-state index contributed by atoms with van der Waals surface area (Å²) in [7, 11) is 4.67. The Labute approximate surface area is 863 Å². The van der Waals surface area contributed by atoms with Crippen molar-refractivity contribution in [3.8, 4) is 70.4 Å². The number of carbonyl (C=O) groups is 9. The van der Waals surface area contributed by atoms with E-state index in [1.54, 1.807) is 147 Å². The first-order valence-electron chi connectivity index (χ1n) is 45.9. The van der Waals surface area contributed by atoms with E-state index in [1.165, 1.54) is 110 Å². The topological polar surface area (TPSA) is 593 Å². The number of aliphatic carboxylic acids is 2. The zero-order valence-corrected chi connectivity index (χ0v) is 84.8. The second kappa shape index (κ2) is 45.4. The number of hydrogen-bond donors (Lipinski definition) is 9. The highest BCUT2D eigenvalue weighted by Crippen LogP contribution is 2.50. The quantitative estimate of drug-likeness (QED) is 0.00597. The fraction of sp³-hybridized carbons (Fsp3) is 0.376. The predicted octanol–water partition coefficient (Wildman–Crippen LogP) is 8.99. The molecule has 0 spiro atoms. The first-order chi connectivity index (χ1) is 70.7. The lowest BCUT2D eigenvalue weighted by Crippen LogP contribution is -2.55. The Morgan fingerprint density at radius 1 is 0.497 bits per heavy atom. The number of pyridine rings is 3. The smallest absolute Gasteiger partial charge is 0.415 e. The van der Waals surface area contributed by atoms with E-state index in [1.807, 2.05) is 0 Å². The molecule has 15 rings (SSSR count). The third-order valence-electron chi connectivity index (χ3n) is 25.1. The lowest BCUT2D eigenvalue weighted by molar-refractivity contribution is -0.191. The van der Waals surface area contributed by atoms with Gasteiger partial charge in [0.15, 0.2) is 99.0 Å². The van der Waals surface area contributed by atoms with Gasteiger partial charge in [0.2, 0.25) is 27.1 Å². The number of carbonyl (C=O) groups excluding carboxylic acids is 7. The van der Waals surface area contributed by atoms with Crippen molar-refractivity contribution in [3.63, 3.8) is 0 Å². The van der Waals surface area contributed by atoms with E-state index in [0.717, 1.165) is 4.90 Å². The molecule has 3 fully saturated rings. The van der Waals surface area contributed by atoms with Crippen LogP contribution in [0.25, 0.3) is 66.9 Å². The lowest BCUT2D eigenvalue weighted by atomic mass is 9.81. The van der Waals surface area contributed by atoms with E-state index in [4.69, 9.17) is 106 Å². The molecule has 0 bridgehead atoms. The second-order valence-electron chi connectivity index (χ2n) is 35.8. The number of aromatic nitrogens is 15. The van der Waals surface area contributed by atoms with E-state index >= 15 is 0 Å². The van der Waals surface area contributed by atoms with E-state index in [2.05, 4.69) is 88.2 Å². The van der Waals surface area contributed by atoms with Gasteiger partial charge in [-0.1, -0.05) is 90.6 Å². The fourth-order valence-corrected chi connectivity index (χ4v) is 17.5. The number of halogens is 3. The highest BCUT2D eigenvalue weighted by Gasteiger charge is 2.62. The molecule has 3 aromatic carbocycles. The molecule has 149 heavy (non-hydrogen) atoms. The SMILES string of the molecule is C#C[C@@]1(C)[C@@H](COC(Cc2ccc(-c3ccc[nH]c3=O)cc2)(C(C)=O)C(=O)OCC)O[C@@H](n2cnc3c(N(C)C(=O)OC(C)(C)C)nc(Cl)nc32)[C@@H]1OC(C)=O.C#C[C@@]1(C)[C@@H](COC(Cc2ccc(-c3ccc[nH]c3=O)cc2)(C(C)=O)C(=O)OCC)O[C@@H](n2cnc3c(NC)nc(Cl)nc32)[C@@H]1OC(C)=O.C#C[C@@]1(O)[C@@H](COC(Cc2ccc(-c3ccc[nH]c3=O)cc2)(C(=O)O)C(=O)O)O[C@@H](n2cnc3c(NC)nc(Cl)nc32)[C@@H]1O. The number of nitrogens with zero attached hydrogens (tertiary/aromatic N) is 13. The summed E-state index contributed by atoms with van der Waals surface area (Å²) in [6.45, 7) is 14.8. The molecule has 780 valence electrons. The third kappa shape index (κ3) is 22.6. The number of benzene rings is 3. The van der Waals surface area contributed by atoms with Crippen LogP contribution in [0.2, 0.25) is 15.9 Å². The number of aliphatic hydroxyl groups excluding tert-OH is 1. The van der Waals surface area contributed by atoms with Gasteiger partial charge >= 0.3 is 41.9 Å². The number of aliphatic hydroxyl groups is 2. The molecule has 0 saturated carbocycles. The molecule has 0 aliphatic carbocycles. The number of hydrogen-bond acceptors (Lipinski definition) is 36. The summed E-state index contributed by atoms with van der Waals surface area (Å²) in [6.07, 6.45) is 13.0. The molecule has 12 aromatic rings. The van der Waals surface area contributed by atoms with Crippen molar-refractivity contribution in [1.82, 2.24) is 73.5 Å². The lowest BCUT2D eigenvalue weighted by Gasteiger charge is -2.33. The summed E-state index contributed by atoms with van der Waals surface area (Å²) in [5.41, 5.74) is -8.36. The number of Topliss-reactive ketones (excluding diaryl/α,β-unsaturated/α-hetero) is 2. The van der Waals surface area contributed by atoms with Gasteiger partial charge in [-0.2, -0.15) is 29.9 Å². The zero-order valence-electron chi connectivity index (χ0n) is 82.6. The van der Waals surface area contributed by atoms with Gasteiger partial charge in [0, 0.05) is 89.5 Å². The number of ketones is 2. The first kappa shape index (κ1) is 111. The van der Waals surface area contributed by atoms with Crippen molar-refractivity contribution in [3.05, 3.63) is 210 Å². The van der Waals surface area contributed by atoms with Crippen molar-refractivity contribution in [2.75, 3.05) is 69.7 Å². The van der Waals surface area contributed by atoms with Crippen LogP contribution in [-0.2, 0) is 110 Å². The van der Waals surface area contributed by atoms with Crippen LogP contribution in [0.3, 0.4) is 0 Å². The van der Waals surface area contributed by atoms with Gasteiger partial charge in [-0.3, -0.25) is 52.2 Å². The van der Waals surface area contributed by atoms with Gasteiger partial charge in [-0.15, -0.1) is 19.3 Å². The molecule has 3 saturated heterocycles. The normalized spacial score (nSPS) is 21.1. The minimum atomic E-state index is -2.85. The number of amides is 1. The molecule has 48 heteroatoms. The van der Waals surface area contributed by atoms with Gasteiger partial charge < -0.3 is 98.1 Å². The molecule has 14 atom stereocenters. The minimum Gasteiger partial charge on any atom is -0.479 e. The van der Waals surface area contributed by atoms with Crippen LogP contribution >= 0.6 is 34.8 Å². The van der Waals surface area contributed by atoms with Crippen LogP contribution in [-0.4, -0.2) is 266 Å². The number of carboxylic acids is 2. The molecule has 3 aliphatic rings. The van der Waals surface area contributed by atoms with Crippen LogP contribution in [0.4, 0.5) is 22.2 Å². The summed E-state index contributed by atoms with van der Waals surface area (Å²) >= 11 is 18.6. The van der Waals surface area contributed by atoms with Gasteiger partial charge in [0.05, 0.1) is 62.8 Å². The number of H-pyrrole nitrogens is 3. The van der Waals surface area contributed by atoms with Crippen molar-refractivity contribution < 1.29 is 116 Å². The number of terminal acetylenes is 3. The largest absolute Gasteiger partial charge is 0.479 e. The predicted molar refractivity (Wildman–Crippen MR) is 536 cm³/mol. The summed E-state index contributed by atoms with van der Waals surface area (Å²) in [5, 5.41) is 47.6. The Hall–Kier alpha value is -15.6. The average Bonchev–Trinajstić information content (AvgIpc) is 1.58. The van der Waals surface area contributed by atoms with Gasteiger partial charge in [0.1, 0.15) is 30.0 Å². The van der Waals surface area contributed by atoms with Gasteiger partial charge in [0.25, 0.3) is 22.3 Å². The standard InChI is InChI=1S/C39H43ClN6O10.C34H35ClN6O8.C28H25ClN6O9/c1-10-38(8)27(20-53-39(22(3)47,34(50)52-11-2)19-24-14-16-25(17-15-24)26-13-12-18-41-32(26)49)55-33(29(38)54-23(4)48)46-21-42-28-30(43-35(40)44-31(28)46)45(9)36(51)56-37(5,6)7;1-7-33(5)24(49-30(26(33)48-20(4)43)41-18-38-25-27(36-6)39-32(35)40-28(25)41)17-47-34(19(3)42,31(45)46-8-2)16-21-11-13-22(14-12-21)23-10-9-15-37-29(23)44;1-3-27(42)17(44-23(19(27)36)35-13-32-18-20(30-2)33-26(29)34-21(18)35)12-43-28(24(38)39,25(40)41)11-14-6-8-15(9-7-14)16-5-4-10-31-22(16)37/h1,12-18,21,27,29,33H,11,19-20H2,2-9H3,(H,41,49);1,9-15,18,24,26,30H,8,16-17H2,2-6H3,(H,37,44)(H,36,39,40);1,4-10,13,17,19,23,36,42H,11-12H2,2H3,(H,31,37)(H,38,39)(H,40,41)(H,30,33,34)/t27-,29+,33-,38+,39?;24-,26+,30-,33+,34?;17-,19+,23-,27-/m111/s1. The van der Waals surface area contributed by atoms with E-state index in [9.17, 15) is 78.0 Å². The minimum absolute atomic E-state index is 0.0156. The maximum absolute atomic E-state index is 13.7. The van der Waals surface area contributed by atoms with E-state index in [0.29, 0.717) is 55.8 Å². The molecule has 2 unspecified atom stereocenters. The maximum Gasteiger partial charge on any atom is 0.415 e. The number of ether oxygens (including phenoxy) is 11. The van der Waals surface area contributed by atoms with Crippen LogP contribution in [0, 0.1) is 47.9 Å². The Bertz CT molecular complexity index is 7430. The van der Waals surface area contributed by atoms with Crippen molar-refractivity contribution in [1.29, 1.82) is 0 Å². The number of carboxylic acid groups (broad SMARTS) is 2. The molecule has 9 N–H and O–H groups in total. The number of fused-ring (bicyclic) bond motifs is 3. The number of imidazole rings is 3. The van der Waals surface area contributed by atoms with Crippen molar-refractivity contribution >= 4 is 139 Å². The molecule has 1 amide bonds. The molecule has 45 nitrogen and oxygen atoms in total. The number of esters is 4. The first-order valence-corrected chi connectivity index (χ1v) is 47.0. The Kier molecular flexibility index (Phi) is 33.7. The van der Waals surface area contributed by atoms with Crippen molar-refractivity contribution in [2.24, 2.45) is 10.8 Å². The molecule has 9 aromatic heterocycles. The highest BCUT2D eigenvalue weighted by molar-refractivity contribution is 6.29. The molecular formula is C101H103Cl3N18O27. The highest BCUT2D eigenvalue weighted by atomic mass is 35.5. The summed E-state index contributed by atoms with van der Waals surface area (Å²) in [6, 6.07) is 29.6. The number of anilines is 3. The molecule has 3 aliphatic heterocycles. The molecule has 12 heterocycles. The maximum atomic E-state index is 13.7. The van der Waals surface area contributed by atoms with Crippen LogP contribution in [0.15, 0.2) is 161 Å². The third-order valence-corrected chi connectivity index (χ3v) is 25.6. The van der Waals surface area contributed by atoms with Crippen LogP contribution in [0.1, 0.15) is 112 Å². The number of rotatable bonds is 34. The zero-order chi connectivity index (χ0) is 108. The summed E-state index contributed by atoms with van der Waals surface area (Å²) in [4.78, 5) is 201. The molecular weight excluding hydrogens is 2000 g/mol. The summed E-state index contributed by atoms with van der Waals surface area (Å²) < 4.78 is 68.8. The van der Waals surface area contributed by atoms with Crippen molar-refractivity contribution in [2.45, 2.75) is 179 Å². The Balaban J connectivity index is 0.000000188. The second-order valence-corrected chi connectivity index (χ2v) is 36.8.